The summed E-state index contributed by atoms with van der Waals surface area (Å²) in [6.45, 7) is 0.612. The van der Waals surface area contributed by atoms with Crippen LogP contribution in [0.3, 0.4) is 0 Å². The molecule has 0 spiro atoms. The summed E-state index contributed by atoms with van der Waals surface area (Å²) in [6, 6.07) is 17.8. The van der Waals surface area contributed by atoms with Crippen LogP contribution in [0.15, 0.2) is 54.6 Å². The maximum absolute atomic E-state index is 12.4. The third-order valence-electron chi connectivity index (χ3n) is 4.68. The van der Waals surface area contributed by atoms with Crippen LogP contribution in [0.25, 0.3) is 0 Å². The summed E-state index contributed by atoms with van der Waals surface area (Å²) in [7, 11) is 0. The van der Waals surface area contributed by atoms with E-state index in [1.807, 2.05) is 42.5 Å². The van der Waals surface area contributed by atoms with Gasteiger partial charge in [-0.25, -0.2) is 0 Å². The molecule has 1 unspecified atom stereocenters. The maximum atomic E-state index is 12.4. The number of carbonyl (C=O) groups is 1. The number of hydrogen-bond donors (Lipinski definition) is 2. The van der Waals surface area contributed by atoms with Crippen molar-refractivity contribution < 1.29 is 9.90 Å². The number of hydrogen-bond acceptors (Lipinski definition) is 2. The Kier molecular flexibility index (Phi) is 5.54. The number of rotatable bonds is 7. The number of carbonyl (C=O) groups excluding carboxylic acids is 1. The summed E-state index contributed by atoms with van der Waals surface area (Å²) in [5, 5.41) is 13.0. The van der Waals surface area contributed by atoms with Crippen molar-refractivity contribution in [3.63, 3.8) is 0 Å². The standard InChI is InChI=1S/C20H22ClNO2/c21-17-8-4-7-15(11-17)16(9-10-23)13-22-20(24)19-12-18(19)14-5-2-1-3-6-14/h1-8,11,16,18-19,23H,9-10,12-13H2,(H,22,24)/t16?,18-,19+/m1/s1. The van der Waals surface area contributed by atoms with Crippen LogP contribution >= 0.6 is 11.6 Å². The molecule has 2 aromatic carbocycles. The van der Waals surface area contributed by atoms with Gasteiger partial charge in [0.2, 0.25) is 5.91 Å². The molecule has 2 aromatic rings. The average Bonchev–Trinajstić information content (AvgIpc) is 3.40. The molecule has 1 saturated carbocycles. The predicted octanol–water partition coefficient (Wildman–Crippen LogP) is 3.73. The minimum absolute atomic E-state index is 0.0709. The van der Waals surface area contributed by atoms with Crippen molar-refractivity contribution in [2.75, 3.05) is 13.2 Å². The summed E-state index contributed by atoms with van der Waals surface area (Å²) < 4.78 is 0. The first-order valence-corrected chi connectivity index (χ1v) is 8.76. The Labute approximate surface area is 147 Å². The van der Waals surface area contributed by atoms with Gasteiger partial charge in [0.05, 0.1) is 0 Å². The Bertz CT molecular complexity index is 689. The average molecular weight is 344 g/mol. The Morgan fingerprint density at radius 1 is 1.21 bits per heavy atom. The minimum Gasteiger partial charge on any atom is -0.396 e. The second kappa shape index (κ2) is 7.82. The molecule has 1 amide bonds. The highest BCUT2D eigenvalue weighted by molar-refractivity contribution is 6.30. The largest absolute Gasteiger partial charge is 0.396 e. The zero-order chi connectivity index (χ0) is 16.9. The van der Waals surface area contributed by atoms with Crippen molar-refractivity contribution in [2.24, 2.45) is 5.92 Å². The molecule has 1 aliphatic carbocycles. The van der Waals surface area contributed by atoms with Gasteiger partial charge >= 0.3 is 0 Å². The molecule has 0 aromatic heterocycles. The van der Waals surface area contributed by atoms with E-state index in [2.05, 4.69) is 17.4 Å². The molecule has 1 fully saturated rings. The summed E-state index contributed by atoms with van der Waals surface area (Å²) in [6.07, 6.45) is 1.52. The normalized spacial score (nSPS) is 20.4. The van der Waals surface area contributed by atoms with Crippen molar-refractivity contribution in [1.29, 1.82) is 0 Å². The lowest BCUT2D eigenvalue weighted by Gasteiger charge is -2.17. The van der Waals surface area contributed by atoms with Gasteiger partial charge in [-0.3, -0.25) is 4.79 Å². The fourth-order valence-electron chi connectivity index (χ4n) is 3.21. The van der Waals surface area contributed by atoms with Crippen LogP contribution in [0.1, 0.15) is 35.8 Å². The molecule has 3 rings (SSSR count). The maximum Gasteiger partial charge on any atom is 0.223 e. The highest BCUT2D eigenvalue weighted by atomic mass is 35.5. The molecule has 0 radical (unpaired) electrons. The van der Waals surface area contributed by atoms with Gasteiger partial charge in [0, 0.05) is 30.0 Å². The first-order valence-electron chi connectivity index (χ1n) is 8.38. The van der Waals surface area contributed by atoms with Crippen molar-refractivity contribution in [3.05, 3.63) is 70.7 Å². The second-order valence-corrected chi connectivity index (χ2v) is 6.81. The van der Waals surface area contributed by atoms with Crippen molar-refractivity contribution >= 4 is 17.5 Å². The lowest BCUT2D eigenvalue weighted by molar-refractivity contribution is -0.122. The number of amides is 1. The third kappa shape index (κ3) is 4.16. The monoisotopic (exact) mass is 343 g/mol. The van der Waals surface area contributed by atoms with Crippen molar-refractivity contribution in [3.8, 4) is 0 Å². The van der Waals surface area contributed by atoms with Gasteiger partial charge in [-0.15, -0.1) is 0 Å². The topological polar surface area (TPSA) is 49.3 Å². The van der Waals surface area contributed by atoms with E-state index >= 15 is 0 Å². The highest BCUT2D eigenvalue weighted by Gasteiger charge is 2.43. The van der Waals surface area contributed by atoms with E-state index in [0.717, 1.165) is 12.0 Å². The summed E-state index contributed by atoms with van der Waals surface area (Å²) in [5.41, 5.74) is 2.28. The SMILES string of the molecule is O=C(NCC(CCO)c1cccc(Cl)c1)[C@H]1C[C@@H]1c1ccccc1. The van der Waals surface area contributed by atoms with Gasteiger partial charge < -0.3 is 10.4 Å². The molecular weight excluding hydrogens is 322 g/mol. The van der Waals surface area contributed by atoms with Crippen LogP contribution in [0.2, 0.25) is 5.02 Å². The summed E-state index contributed by atoms with van der Waals surface area (Å²) in [5.74, 6) is 0.593. The van der Waals surface area contributed by atoms with E-state index < -0.39 is 0 Å². The lowest BCUT2D eigenvalue weighted by atomic mass is 9.96. The molecule has 1 aliphatic rings. The fourth-order valence-corrected chi connectivity index (χ4v) is 3.41. The molecule has 24 heavy (non-hydrogen) atoms. The van der Waals surface area contributed by atoms with Gasteiger partial charge in [0.15, 0.2) is 0 Å². The fraction of sp³-hybridized carbons (Fsp3) is 0.350. The second-order valence-electron chi connectivity index (χ2n) is 6.37. The number of aliphatic hydroxyl groups is 1. The third-order valence-corrected chi connectivity index (χ3v) is 4.91. The molecule has 126 valence electrons. The summed E-state index contributed by atoms with van der Waals surface area (Å²) >= 11 is 6.05. The zero-order valence-electron chi connectivity index (χ0n) is 13.5. The Balaban J connectivity index is 1.56. The van der Waals surface area contributed by atoms with E-state index in [1.54, 1.807) is 0 Å². The van der Waals surface area contributed by atoms with Crippen LogP contribution in [-0.2, 0) is 4.79 Å². The molecule has 2 N–H and O–H groups in total. The summed E-state index contributed by atoms with van der Waals surface area (Å²) in [4.78, 5) is 12.4. The van der Waals surface area contributed by atoms with Crippen LogP contribution < -0.4 is 5.32 Å². The van der Waals surface area contributed by atoms with Crippen LogP contribution in [0, 0.1) is 5.92 Å². The Hall–Kier alpha value is -1.84. The Morgan fingerprint density at radius 3 is 2.71 bits per heavy atom. The number of halogens is 1. The van der Waals surface area contributed by atoms with E-state index in [1.165, 1.54) is 5.56 Å². The molecule has 0 bridgehead atoms. The number of aliphatic hydroxyl groups excluding tert-OH is 1. The molecule has 3 nitrogen and oxygen atoms in total. The molecule has 4 heteroatoms. The molecule has 0 heterocycles. The lowest BCUT2D eigenvalue weighted by Crippen LogP contribution is -2.30. The van der Waals surface area contributed by atoms with E-state index in [9.17, 15) is 9.90 Å². The predicted molar refractivity (Wildman–Crippen MR) is 96.2 cm³/mol. The number of nitrogens with one attached hydrogen (secondary N) is 1. The van der Waals surface area contributed by atoms with Crippen molar-refractivity contribution in [1.82, 2.24) is 5.32 Å². The first kappa shape index (κ1) is 17.0. The highest BCUT2D eigenvalue weighted by Crippen LogP contribution is 2.47. The van der Waals surface area contributed by atoms with Gasteiger partial charge in [-0.1, -0.05) is 54.1 Å². The van der Waals surface area contributed by atoms with Gasteiger partial charge in [0.25, 0.3) is 0 Å². The quantitative estimate of drug-likeness (QED) is 0.804. The smallest absolute Gasteiger partial charge is 0.223 e. The van der Waals surface area contributed by atoms with E-state index in [4.69, 9.17) is 11.6 Å². The molecule has 3 atom stereocenters. The minimum atomic E-state index is 0.0709. The zero-order valence-corrected chi connectivity index (χ0v) is 14.2. The van der Waals surface area contributed by atoms with Gasteiger partial charge in [-0.2, -0.15) is 0 Å². The Morgan fingerprint density at radius 2 is 2.00 bits per heavy atom. The van der Waals surface area contributed by atoms with Gasteiger partial charge in [0.1, 0.15) is 0 Å². The first-order chi connectivity index (χ1) is 11.7. The van der Waals surface area contributed by atoms with Crippen molar-refractivity contribution in [2.45, 2.75) is 24.7 Å². The van der Waals surface area contributed by atoms with Crippen LogP contribution in [0.5, 0.6) is 0 Å². The molecule has 0 aliphatic heterocycles. The number of benzene rings is 2. The van der Waals surface area contributed by atoms with Crippen LogP contribution in [0.4, 0.5) is 0 Å². The van der Waals surface area contributed by atoms with E-state index in [0.29, 0.717) is 23.9 Å². The molecular formula is C20H22ClNO2. The van der Waals surface area contributed by atoms with E-state index in [-0.39, 0.29) is 24.3 Å². The van der Waals surface area contributed by atoms with Crippen LogP contribution in [-0.4, -0.2) is 24.2 Å². The molecule has 0 saturated heterocycles. The van der Waals surface area contributed by atoms with Gasteiger partial charge in [-0.05, 0) is 42.0 Å².